The standard InChI is InChI=1S/C14H17N5O/c1-9-5-3-4-6-11(9)10(2)17-14(20)12-7-16-8-13(18-12)19-15/h3-8,10H,15H2,1-2H3,(H,17,20)(H,18,19). The molecule has 0 bridgehead atoms. The fourth-order valence-corrected chi connectivity index (χ4v) is 1.97. The van der Waals surface area contributed by atoms with Crippen molar-refractivity contribution in [2.24, 2.45) is 5.84 Å². The minimum atomic E-state index is -0.287. The van der Waals surface area contributed by atoms with Gasteiger partial charge in [0.2, 0.25) is 0 Å². The molecule has 20 heavy (non-hydrogen) atoms. The molecule has 0 aliphatic rings. The van der Waals surface area contributed by atoms with Crippen LogP contribution in [0.2, 0.25) is 0 Å². The van der Waals surface area contributed by atoms with E-state index in [-0.39, 0.29) is 17.6 Å². The second-order valence-electron chi connectivity index (χ2n) is 4.49. The number of amides is 1. The van der Waals surface area contributed by atoms with Gasteiger partial charge in [0.25, 0.3) is 5.91 Å². The first kappa shape index (κ1) is 14.0. The highest BCUT2D eigenvalue weighted by atomic mass is 16.1. The van der Waals surface area contributed by atoms with E-state index in [1.165, 1.54) is 12.4 Å². The molecule has 4 N–H and O–H groups in total. The van der Waals surface area contributed by atoms with Crippen LogP contribution in [-0.2, 0) is 0 Å². The second-order valence-corrected chi connectivity index (χ2v) is 4.49. The largest absolute Gasteiger partial charge is 0.344 e. The number of aromatic nitrogens is 2. The second kappa shape index (κ2) is 6.12. The Kier molecular flexibility index (Phi) is 4.27. The first-order valence-corrected chi connectivity index (χ1v) is 6.27. The molecule has 1 aromatic heterocycles. The fraction of sp³-hybridized carbons (Fsp3) is 0.214. The van der Waals surface area contributed by atoms with Gasteiger partial charge >= 0.3 is 0 Å². The van der Waals surface area contributed by atoms with Crippen LogP contribution in [-0.4, -0.2) is 15.9 Å². The summed E-state index contributed by atoms with van der Waals surface area (Å²) in [5.41, 5.74) is 4.79. The van der Waals surface area contributed by atoms with Crippen molar-refractivity contribution >= 4 is 11.7 Å². The van der Waals surface area contributed by atoms with Crippen molar-refractivity contribution in [3.63, 3.8) is 0 Å². The molecule has 1 atom stereocenters. The number of nitrogens with one attached hydrogen (secondary N) is 2. The summed E-state index contributed by atoms with van der Waals surface area (Å²) in [5.74, 6) is 5.31. The molecule has 6 nitrogen and oxygen atoms in total. The summed E-state index contributed by atoms with van der Waals surface area (Å²) < 4.78 is 0. The Morgan fingerprint density at radius 1 is 1.30 bits per heavy atom. The number of nitrogens with two attached hydrogens (primary N) is 1. The molecule has 0 aliphatic carbocycles. The van der Waals surface area contributed by atoms with Crippen molar-refractivity contribution in [3.8, 4) is 0 Å². The molecule has 0 saturated carbocycles. The zero-order valence-corrected chi connectivity index (χ0v) is 11.4. The maximum atomic E-state index is 12.1. The highest BCUT2D eigenvalue weighted by Crippen LogP contribution is 2.17. The van der Waals surface area contributed by atoms with E-state index in [9.17, 15) is 4.79 Å². The highest BCUT2D eigenvalue weighted by Gasteiger charge is 2.14. The SMILES string of the molecule is Cc1ccccc1C(C)NC(=O)c1cncc(NN)n1. The van der Waals surface area contributed by atoms with Gasteiger partial charge in [-0.1, -0.05) is 24.3 Å². The molecule has 6 heteroatoms. The zero-order chi connectivity index (χ0) is 14.5. The van der Waals surface area contributed by atoms with Crippen LogP contribution in [0.3, 0.4) is 0 Å². The molecule has 0 aliphatic heterocycles. The topological polar surface area (TPSA) is 92.9 Å². The molecule has 104 valence electrons. The van der Waals surface area contributed by atoms with E-state index in [1.54, 1.807) is 0 Å². The number of hydrazine groups is 1. The summed E-state index contributed by atoms with van der Waals surface area (Å²) in [7, 11) is 0. The fourth-order valence-electron chi connectivity index (χ4n) is 1.97. The molecule has 0 saturated heterocycles. The maximum absolute atomic E-state index is 12.1. The smallest absolute Gasteiger partial charge is 0.272 e. The van der Waals surface area contributed by atoms with E-state index in [4.69, 9.17) is 5.84 Å². The van der Waals surface area contributed by atoms with Crippen molar-refractivity contribution < 1.29 is 4.79 Å². The highest BCUT2D eigenvalue weighted by molar-refractivity contribution is 5.92. The van der Waals surface area contributed by atoms with Gasteiger partial charge in [0.05, 0.1) is 18.4 Å². The predicted molar refractivity (Wildman–Crippen MR) is 76.9 cm³/mol. The van der Waals surface area contributed by atoms with Crippen LogP contribution < -0.4 is 16.6 Å². The number of carbonyl (C=O) groups is 1. The summed E-state index contributed by atoms with van der Waals surface area (Å²) in [6.45, 7) is 3.94. The van der Waals surface area contributed by atoms with Crippen molar-refractivity contribution in [2.45, 2.75) is 19.9 Å². The number of hydrogen-bond donors (Lipinski definition) is 3. The number of nitrogen functional groups attached to an aromatic ring is 1. The monoisotopic (exact) mass is 271 g/mol. The van der Waals surface area contributed by atoms with Crippen molar-refractivity contribution in [1.82, 2.24) is 15.3 Å². The molecule has 1 unspecified atom stereocenters. The van der Waals surface area contributed by atoms with E-state index in [0.717, 1.165) is 11.1 Å². The van der Waals surface area contributed by atoms with Gasteiger partial charge in [0.15, 0.2) is 5.82 Å². The lowest BCUT2D eigenvalue weighted by Gasteiger charge is -2.16. The van der Waals surface area contributed by atoms with Crippen LogP contribution in [0, 0.1) is 6.92 Å². The molecule has 2 aromatic rings. The molecule has 1 aromatic carbocycles. The van der Waals surface area contributed by atoms with Crippen LogP contribution in [0.1, 0.15) is 34.6 Å². The number of aryl methyl sites for hydroxylation is 1. The molecule has 0 spiro atoms. The Bertz CT molecular complexity index is 614. The minimum Gasteiger partial charge on any atom is -0.344 e. The first-order valence-electron chi connectivity index (χ1n) is 6.27. The third-order valence-electron chi connectivity index (χ3n) is 3.02. The number of carbonyl (C=O) groups excluding carboxylic acids is 1. The average molecular weight is 271 g/mol. The zero-order valence-electron chi connectivity index (χ0n) is 11.4. The van der Waals surface area contributed by atoms with E-state index >= 15 is 0 Å². The lowest BCUT2D eigenvalue weighted by Crippen LogP contribution is -2.28. The number of nitrogens with zero attached hydrogens (tertiary/aromatic N) is 2. The van der Waals surface area contributed by atoms with Crippen LogP contribution in [0.15, 0.2) is 36.7 Å². The summed E-state index contributed by atoms with van der Waals surface area (Å²) in [6, 6.07) is 7.81. The number of rotatable bonds is 4. The molecule has 1 amide bonds. The Balaban J connectivity index is 2.13. The lowest BCUT2D eigenvalue weighted by molar-refractivity contribution is 0.0934. The average Bonchev–Trinajstić information content (AvgIpc) is 2.47. The molecule has 2 rings (SSSR count). The molecule has 0 radical (unpaired) electrons. The van der Waals surface area contributed by atoms with Gasteiger partial charge < -0.3 is 10.7 Å². The third-order valence-corrected chi connectivity index (χ3v) is 3.02. The van der Waals surface area contributed by atoms with Crippen LogP contribution in [0.4, 0.5) is 5.82 Å². The van der Waals surface area contributed by atoms with Crippen LogP contribution in [0.5, 0.6) is 0 Å². The van der Waals surface area contributed by atoms with E-state index in [1.807, 2.05) is 38.1 Å². The van der Waals surface area contributed by atoms with E-state index < -0.39 is 0 Å². The Morgan fingerprint density at radius 3 is 2.75 bits per heavy atom. The van der Waals surface area contributed by atoms with Crippen molar-refractivity contribution in [2.75, 3.05) is 5.43 Å². The Labute approximate surface area is 117 Å². The van der Waals surface area contributed by atoms with Gasteiger partial charge in [-0.15, -0.1) is 0 Å². The first-order chi connectivity index (χ1) is 9.61. The van der Waals surface area contributed by atoms with Gasteiger partial charge in [-0.2, -0.15) is 0 Å². The predicted octanol–water partition coefficient (Wildman–Crippen LogP) is 1.56. The summed E-state index contributed by atoms with van der Waals surface area (Å²) in [6.07, 6.45) is 2.85. The molecular weight excluding hydrogens is 254 g/mol. The minimum absolute atomic E-state index is 0.111. The summed E-state index contributed by atoms with van der Waals surface area (Å²) >= 11 is 0. The number of hydrogen-bond acceptors (Lipinski definition) is 5. The quantitative estimate of drug-likeness (QED) is 0.579. The van der Waals surface area contributed by atoms with Gasteiger partial charge in [-0.25, -0.2) is 10.8 Å². The Morgan fingerprint density at radius 2 is 2.05 bits per heavy atom. The van der Waals surface area contributed by atoms with Crippen molar-refractivity contribution in [3.05, 3.63) is 53.5 Å². The van der Waals surface area contributed by atoms with Gasteiger partial charge in [0.1, 0.15) is 5.69 Å². The van der Waals surface area contributed by atoms with Crippen molar-refractivity contribution in [1.29, 1.82) is 0 Å². The summed E-state index contributed by atoms with van der Waals surface area (Å²) in [5, 5.41) is 2.89. The Hall–Kier alpha value is -2.47. The van der Waals surface area contributed by atoms with Gasteiger partial charge in [-0.3, -0.25) is 9.78 Å². The molecule has 1 heterocycles. The number of anilines is 1. The number of benzene rings is 1. The third kappa shape index (κ3) is 3.10. The van der Waals surface area contributed by atoms with Crippen LogP contribution in [0.25, 0.3) is 0 Å². The van der Waals surface area contributed by atoms with E-state index in [2.05, 4.69) is 20.7 Å². The van der Waals surface area contributed by atoms with Gasteiger partial charge in [-0.05, 0) is 25.0 Å². The molecular formula is C14H17N5O. The van der Waals surface area contributed by atoms with Crippen LogP contribution >= 0.6 is 0 Å². The normalized spacial score (nSPS) is 11.8. The van der Waals surface area contributed by atoms with Gasteiger partial charge in [0, 0.05) is 0 Å². The van der Waals surface area contributed by atoms with E-state index in [0.29, 0.717) is 5.82 Å². The summed E-state index contributed by atoms with van der Waals surface area (Å²) in [4.78, 5) is 20.1. The maximum Gasteiger partial charge on any atom is 0.272 e. The lowest BCUT2D eigenvalue weighted by atomic mass is 10.0. The molecule has 0 fully saturated rings.